The number of rotatable bonds is 1. The van der Waals surface area contributed by atoms with Gasteiger partial charge in [-0.1, -0.05) is 31.4 Å². The van der Waals surface area contributed by atoms with Gasteiger partial charge >= 0.3 is 0 Å². The van der Waals surface area contributed by atoms with E-state index in [9.17, 15) is 0 Å². The molecule has 0 bridgehead atoms. The van der Waals surface area contributed by atoms with Gasteiger partial charge in [0.1, 0.15) is 0 Å². The van der Waals surface area contributed by atoms with Crippen molar-refractivity contribution in [2.24, 2.45) is 5.92 Å². The first-order valence-electron chi connectivity index (χ1n) is 4.11. The highest BCUT2D eigenvalue weighted by Gasteiger charge is 2.06. The van der Waals surface area contributed by atoms with Crippen LogP contribution in [-0.2, 0) is 0 Å². The van der Waals surface area contributed by atoms with E-state index in [1.54, 1.807) is 0 Å². The predicted molar refractivity (Wildman–Crippen MR) is 49.1 cm³/mol. The molecule has 58 valence electrons. The zero-order valence-corrected chi connectivity index (χ0v) is 7.22. The number of allylic oxidation sites excluding steroid dienone is 4. The predicted octanol–water partition coefficient (Wildman–Crippen LogP) is 2.92. The van der Waals surface area contributed by atoms with E-state index in [1.807, 2.05) is 0 Å². The summed E-state index contributed by atoms with van der Waals surface area (Å²) in [5.74, 6) is 3.32. The van der Waals surface area contributed by atoms with Crippen molar-refractivity contribution in [3.63, 3.8) is 0 Å². The smallest absolute Gasteiger partial charge is 0.0202 e. The zero-order chi connectivity index (χ0) is 8.27. The van der Waals surface area contributed by atoms with Crippen LogP contribution in [-0.4, -0.2) is 0 Å². The molecule has 1 aliphatic rings. The van der Waals surface area contributed by atoms with Gasteiger partial charge < -0.3 is 0 Å². The molecule has 0 amide bonds. The minimum absolute atomic E-state index is 0.645. The molecule has 0 radical (unpaired) electrons. The molecule has 0 fully saturated rings. The minimum Gasteiger partial charge on any atom is -0.115 e. The van der Waals surface area contributed by atoms with Crippen LogP contribution in [0.5, 0.6) is 0 Å². The molecule has 0 nitrogen and oxygen atoms in total. The Balaban J connectivity index is 2.78. The largest absolute Gasteiger partial charge is 0.115 e. The van der Waals surface area contributed by atoms with Gasteiger partial charge in [0.25, 0.3) is 0 Å². The topological polar surface area (TPSA) is 0 Å². The fourth-order valence-corrected chi connectivity index (χ4v) is 1.28. The normalized spacial score (nSPS) is 17.3. The molecule has 0 saturated carbocycles. The monoisotopic (exact) mass is 146 g/mol. The lowest BCUT2D eigenvalue weighted by Crippen LogP contribution is -1.98. The lowest BCUT2D eigenvalue weighted by molar-refractivity contribution is 0.708. The van der Waals surface area contributed by atoms with E-state index < -0.39 is 0 Å². The van der Waals surface area contributed by atoms with Gasteiger partial charge in [-0.15, -0.1) is 6.42 Å². The van der Waals surface area contributed by atoms with E-state index >= 15 is 0 Å². The SMILES string of the molecule is C#CC1=CCCC(C(C)C)=C1. The molecule has 11 heavy (non-hydrogen) atoms. The quantitative estimate of drug-likeness (QED) is 0.499. The Hall–Kier alpha value is -0.960. The maximum absolute atomic E-state index is 5.30. The Morgan fingerprint density at radius 1 is 1.55 bits per heavy atom. The third-order valence-electron chi connectivity index (χ3n) is 2.05. The van der Waals surface area contributed by atoms with Crippen molar-refractivity contribution in [2.75, 3.05) is 0 Å². The number of hydrogen-bond donors (Lipinski definition) is 0. The van der Waals surface area contributed by atoms with Gasteiger partial charge in [0.05, 0.1) is 0 Å². The van der Waals surface area contributed by atoms with Gasteiger partial charge in [0.15, 0.2) is 0 Å². The number of hydrogen-bond acceptors (Lipinski definition) is 0. The zero-order valence-electron chi connectivity index (χ0n) is 7.22. The van der Waals surface area contributed by atoms with Crippen molar-refractivity contribution >= 4 is 0 Å². The van der Waals surface area contributed by atoms with E-state index in [4.69, 9.17) is 6.42 Å². The Labute approximate surface area is 69.0 Å². The van der Waals surface area contributed by atoms with E-state index in [2.05, 4.69) is 31.9 Å². The molecule has 0 spiro atoms. The molecule has 0 aromatic carbocycles. The van der Waals surface area contributed by atoms with Crippen LogP contribution in [0.4, 0.5) is 0 Å². The molecule has 0 saturated heterocycles. The highest BCUT2D eigenvalue weighted by atomic mass is 14.1. The third kappa shape index (κ3) is 1.98. The molecule has 0 unspecified atom stereocenters. The summed E-state index contributed by atoms with van der Waals surface area (Å²) >= 11 is 0. The Morgan fingerprint density at radius 2 is 2.27 bits per heavy atom. The maximum Gasteiger partial charge on any atom is 0.0202 e. The summed E-state index contributed by atoms with van der Waals surface area (Å²) in [6, 6.07) is 0. The summed E-state index contributed by atoms with van der Waals surface area (Å²) < 4.78 is 0. The second-order valence-electron chi connectivity index (χ2n) is 3.22. The van der Waals surface area contributed by atoms with Crippen LogP contribution in [0.2, 0.25) is 0 Å². The van der Waals surface area contributed by atoms with Gasteiger partial charge in [-0.05, 0) is 24.8 Å². The maximum atomic E-state index is 5.30. The van der Waals surface area contributed by atoms with E-state index in [0.717, 1.165) is 12.0 Å². The average Bonchev–Trinajstić information content (AvgIpc) is 2.05. The van der Waals surface area contributed by atoms with Crippen LogP contribution in [0.25, 0.3) is 0 Å². The Bertz CT molecular complexity index is 233. The van der Waals surface area contributed by atoms with Crippen LogP contribution >= 0.6 is 0 Å². The van der Waals surface area contributed by atoms with Crippen LogP contribution in [0.1, 0.15) is 26.7 Å². The van der Waals surface area contributed by atoms with E-state index in [1.165, 1.54) is 12.0 Å². The van der Waals surface area contributed by atoms with Crippen molar-refractivity contribution < 1.29 is 0 Å². The summed E-state index contributed by atoms with van der Waals surface area (Å²) in [6.45, 7) is 4.43. The molecule has 1 aliphatic carbocycles. The highest BCUT2D eigenvalue weighted by Crippen LogP contribution is 2.22. The van der Waals surface area contributed by atoms with E-state index in [0.29, 0.717) is 5.92 Å². The standard InChI is InChI=1S/C11H14/c1-4-10-6-5-7-11(8-10)9(2)3/h1,6,8-9H,5,7H2,2-3H3. The summed E-state index contributed by atoms with van der Waals surface area (Å²) in [5, 5.41) is 0. The Kier molecular flexibility index (Phi) is 2.54. The van der Waals surface area contributed by atoms with Crippen LogP contribution in [0.15, 0.2) is 23.3 Å². The molecular weight excluding hydrogens is 132 g/mol. The average molecular weight is 146 g/mol. The number of terminal acetylenes is 1. The fraction of sp³-hybridized carbons (Fsp3) is 0.455. The van der Waals surface area contributed by atoms with Crippen molar-refractivity contribution in [2.45, 2.75) is 26.7 Å². The lowest BCUT2D eigenvalue weighted by atomic mass is 9.92. The van der Waals surface area contributed by atoms with Crippen molar-refractivity contribution in [1.29, 1.82) is 0 Å². The molecule has 0 heterocycles. The summed E-state index contributed by atoms with van der Waals surface area (Å²) in [4.78, 5) is 0. The fourth-order valence-electron chi connectivity index (χ4n) is 1.28. The molecule has 0 aromatic heterocycles. The van der Waals surface area contributed by atoms with Crippen LogP contribution in [0.3, 0.4) is 0 Å². The highest BCUT2D eigenvalue weighted by molar-refractivity contribution is 5.40. The van der Waals surface area contributed by atoms with Gasteiger partial charge in [0.2, 0.25) is 0 Å². The molecule has 0 N–H and O–H groups in total. The van der Waals surface area contributed by atoms with Gasteiger partial charge in [0, 0.05) is 5.57 Å². The van der Waals surface area contributed by atoms with Crippen LogP contribution < -0.4 is 0 Å². The van der Waals surface area contributed by atoms with Gasteiger partial charge in [-0.2, -0.15) is 0 Å². The Morgan fingerprint density at radius 3 is 2.82 bits per heavy atom. The van der Waals surface area contributed by atoms with E-state index in [-0.39, 0.29) is 0 Å². The second kappa shape index (κ2) is 3.44. The lowest BCUT2D eigenvalue weighted by Gasteiger charge is -2.13. The summed E-state index contributed by atoms with van der Waals surface area (Å²) in [7, 11) is 0. The second-order valence-corrected chi connectivity index (χ2v) is 3.22. The first-order valence-corrected chi connectivity index (χ1v) is 4.11. The molecule has 0 aliphatic heterocycles. The summed E-state index contributed by atoms with van der Waals surface area (Å²) in [6.07, 6.45) is 11.9. The molecule has 1 rings (SSSR count). The molecule has 0 aromatic rings. The van der Waals surface area contributed by atoms with Crippen molar-refractivity contribution in [3.05, 3.63) is 23.3 Å². The molecular formula is C11H14. The van der Waals surface area contributed by atoms with Gasteiger partial charge in [-0.25, -0.2) is 0 Å². The van der Waals surface area contributed by atoms with Crippen LogP contribution in [0, 0.1) is 18.3 Å². The van der Waals surface area contributed by atoms with Crippen molar-refractivity contribution in [3.8, 4) is 12.3 Å². The first kappa shape index (κ1) is 8.14. The minimum atomic E-state index is 0.645. The molecule has 0 heteroatoms. The first-order chi connectivity index (χ1) is 5.24. The molecule has 0 atom stereocenters. The summed E-state index contributed by atoms with van der Waals surface area (Å²) in [5.41, 5.74) is 2.54. The third-order valence-corrected chi connectivity index (χ3v) is 2.05. The van der Waals surface area contributed by atoms with Crippen molar-refractivity contribution in [1.82, 2.24) is 0 Å². The van der Waals surface area contributed by atoms with Gasteiger partial charge in [-0.3, -0.25) is 0 Å².